The van der Waals surface area contributed by atoms with Crippen LogP contribution in [0.4, 0.5) is 5.69 Å². The van der Waals surface area contributed by atoms with Crippen molar-refractivity contribution in [2.45, 2.75) is 6.92 Å². The second-order valence-electron chi connectivity index (χ2n) is 2.57. The number of aryl methyl sites for hydroxylation is 1. The number of benzene rings is 1. The second-order valence-corrected chi connectivity index (χ2v) is 2.57. The molecule has 1 aromatic carbocycles. The van der Waals surface area contributed by atoms with Gasteiger partial charge in [0.1, 0.15) is 0 Å². The predicted molar refractivity (Wildman–Crippen MR) is 48.6 cm³/mol. The third-order valence-electron chi connectivity index (χ3n) is 1.81. The molecule has 0 heterocycles. The van der Waals surface area contributed by atoms with Gasteiger partial charge in [0.2, 0.25) is 0 Å². The molecule has 60 valence electrons. The van der Waals surface area contributed by atoms with Crippen LogP contribution in [0.3, 0.4) is 0 Å². The first-order chi connectivity index (χ1) is 5.25. The quantitative estimate of drug-likeness (QED) is 0.644. The van der Waals surface area contributed by atoms with E-state index in [2.05, 4.69) is 24.5 Å². The zero-order valence-electron chi connectivity index (χ0n) is 7.26. The van der Waals surface area contributed by atoms with Crippen LogP contribution in [0.25, 0.3) is 0 Å². The van der Waals surface area contributed by atoms with Crippen molar-refractivity contribution in [3.8, 4) is 0 Å². The van der Waals surface area contributed by atoms with Gasteiger partial charge in [-0.3, -0.25) is 0 Å². The van der Waals surface area contributed by atoms with E-state index < -0.39 is 0 Å². The third-order valence-corrected chi connectivity index (χ3v) is 1.81. The lowest BCUT2D eigenvalue weighted by Crippen LogP contribution is -2.30. The summed E-state index contributed by atoms with van der Waals surface area (Å²) in [5.41, 5.74) is 5.55. The minimum Gasteiger partial charge on any atom is -0.311 e. The summed E-state index contributed by atoms with van der Waals surface area (Å²) in [5.74, 6) is 0. The zero-order valence-corrected chi connectivity index (χ0v) is 7.26. The summed E-state index contributed by atoms with van der Waals surface area (Å²) in [6, 6.07) is 8.27. The molecule has 0 atom stereocenters. The van der Waals surface area contributed by atoms with E-state index in [-0.39, 0.29) is 0 Å². The van der Waals surface area contributed by atoms with E-state index in [0.717, 1.165) is 0 Å². The molecule has 0 amide bonds. The van der Waals surface area contributed by atoms with Gasteiger partial charge in [0.25, 0.3) is 0 Å². The van der Waals surface area contributed by atoms with Gasteiger partial charge < -0.3 is 5.01 Å². The molecule has 0 aliphatic heterocycles. The molecule has 0 saturated carbocycles. The molecular weight excluding hydrogens is 136 g/mol. The van der Waals surface area contributed by atoms with Crippen molar-refractivity contribution in [2.24, 2.45) is 0 Å². The summed E-state index contributed by atoms with van der Waals surface area (Å²) in [4.78, 5) is 0. The van der Waals surface area contributed by atoms with E-state index in [1.165, 1.54) is 11.3 Å². The Bertz CT molecular complexity index is 233. The van der Waals surface area contributed by atoms with Crippen molar-refractivity contribution in [3.05, 3.63) is 29.8 Å². The molecule has 0 aromatic heterocycles. The molecule has 1 N–H and O–H groups in total. The maximum Gasteiger partial charge on any atom is 0.0545 e. The lowest BCUT2D eigenvalue weighted by molar-refractivity contribution is 0.788. The fourth-order valence-corrected chi connectivity index (χ4v) is 1.06. The topological polar surface area (TPSA) is 15.3 Å². The molecule has 0 aliphatic carbocycles. The van der Waals surface area contributed by atoms with E-state index in [4.69, 9.17) is 0 Å². The Hall–Kier alpha value is -1.02. The van der Waals surface area contributed by atoms with Gasteiger partial charge in [-0.25, -0.2) is 5.43 Å². The van der Waals surface area contributed by atoms with Crippen molar-refractivity contribution in [2.75, 3.05) is 19.1 Å². The molecule has 0 spiro atoms. The first-order valence-electron chi connectivity index (χ1n) is 3.72. The van der Waals surface area contributed by atoms with Crippen molar-refractivity contribution >= 4 is 5.69 Å². The summed E-state index contributed by atoms with van der Waals surface area (Å²) in [7, 11) is 3.91. The summed E-state index contributed by atoms with van der Waals surface area (Å²) in [6.45, 7) is 2.10. The van der Waals surface area contributed by atoms with Crippen molar-refractivity contribution < 1.29 is 0 Å². The second kappa shape index (κ2) is 3.39. The molecule has 0 bridgehead atoms. The van der Waals surface area contributed by atoms with Gasteiger partial charge in [-0.15, -0.1) is 0 Å². The maximum absolute atomic E-state index is 3.06. The molecule has 11 heavy (non-hydrogen) atoms. The lowest BCUT2D eigenvalue weighted by Gasteiger charge is -2.19. The lowest BCUT2D eigenvalue weighted by atomic mass is 10.2. The number of hydrogen-bond acceptors (Lipinski definition) is 2. The van der Waals surface area contributed by atoms with Gasteiger partial charge in [0, 0.05) is 14.1 Å². The summed E-state index contributed by atoms with van der Waals surface area (Å²) in [5, 5.41) is 2.00. The Morgan fingerprint density at radius 1 is 1.27 bits per heavy atom. The average Bonchev–Trinajstić information content (AvgIpc) is 2.04. The van der Waals surface area contributed by atoms with E-state index in [1.54, 1.807) is 0 Å². The van der Waals surface area contributed by atoms with Crippen LogP contribution in [0, 0.1) is 6.92 Å². The molecule has 1 rings (SSSR count). The highest BCUT2D eigenvalue weighted by Crippen LogP contribution is 2.15. The van der Waals surface area contributed by atoms with Crippen LogP contribution < -0.4 is 10.4 Å². The van der Waals surface area contributed by atoms with Crippen LogP contribution in [0.15, 0.2) is 24.3 Å². The average molecular weight is 150 g/mol. The largest absolute Gasteiger partial charge is 0.311 e. The Morgan fingerprint density at radius 2 is 1.91 bits per heavy atom. The summed E-state index contributed by atoms with van der Waals surface area (Å²) in [6.07, 6.45) is 0. The molecule has 0 saturated heterocycles. The number of nitrogens with zero attached hydrogens (tertiary/aromatic N) is 1. The maximum atomic E-state index is 3.06. The van der Waals surface area contributed by atoms with Crippen molar-refractivity contribution in [1.29, 1.82) is 0 Å². The van der Waals surface area contributed by atoms with Gasteiger partial charge in [0.15, 0.2) is 0 Å². The number of rotatable bonds is 2. The first kappa shape index (κ1) is 8.08. The van der Waals surface area contributed by atoms with E-state index in [1.807, 2.05) is 31.2 Å². The van der Waals surface area contributed by atoms with Gasteiger partial charge >= 0.3 is 0 Å². The summed E-state index contributed by atoms with van der Waals surface area (Å²) >= 11 is 0. The predicted octanol–water partition coefficient (Wildman–Crippen LogP) is 1.57. The van der Waals surface area contributed by atoms with Crippen LogP contribution in [-0.4, -0.2) is 14.1 Å². The van der Waals surface area contributed by atoms with Crippen molar-refractivity contribution in [3.63, 3.8) is 0 Å². The van der Waals surface area contributed by atoms with E-state index in [9.17, 15) is 0 Å². The third kappa shape index (κ3) is 1.71. The molecule has 0 unspecified atom stereocenters. The number of hydrazine groups is 1. The standard InChI is InChI=1S/C9H14N2/c1-8-6-4-5-7-9(8)11(3)10-2/h4-7,10H,1-3H3. The number of anilines is 1. The van der Waals surface area contributed by atoms with Crippen LogP contribution in [0.5, 0.6) is 0 Å². The fourth-order valence-electron chi connectivity index (χ4n) is 1.06. The minimum absolute atomic E-state index is 1.22. The molecule has 2 nitrogen and oxygen atoms in total. The first-order valence-corrected chi connectivity index (χ1v) is 3.72. The number of nitrogens with one attached hydrogen (secondary N) is 1. The van der Waals surface area contributed by atoms with E-state index >= 15 is 0 Å². The van der Waals surface area contributed by atoms with Crippen LogP contribution >= 0.6 is 0 Å². The van der Waals surface area contributed by atoms with Crippen LogP contribution in [0.2, 0.25) is 0 Å². The fraction of sp³-hybridized carbons (Fsp3) is 0.333. The SMILES string of the molecule is CNN(C)c1ccccc1C. The summed E-state index contributed by atoms with van der Waals surface area (Å²) < 4.78 is 0. The highest BCUT2D eigenvalue weighted by Gasteiger charge is 1.98. The van der Waals surface area contributed by atoms with Gasteiger partial charge in [0.05, 0.1) is 5.69 Å². The number of para-hydroxylation sites is 1. The van der Waals surface area contributed by atoms with Gasteiger partial charge in [-0.05, 0) is 18.6 Å². The van der Waals surface area contributed by atoms with Crippen molar-refractivity contribution in [1.82, 2.24) is 5.43 Å². The molecule has 2 heteroatoms. The normalized spacial score (nSPS) is 9.73. The van der Waals surface area contributed by atoms with Crippen LogP contribution in [0.1, 0.15) is 5.56 Å². The molecular formula is C9H14N2. The Labute approximate surface area is 67.8 Å². The Kier molecular flexibility index (Phi) is 2.49. The monoisotopic (exact) mass is 150 g/mol. The van der Waals surface area contributed by atoms with Gasteiger partial charge in [-0.2, -0.15) is 0 Å². The van der Waals surface area contributed by atoms with Gasteiger partial charge in [-0.1, -0.05) is 18.2 Å². The molecule has 1 aromatic rings. The molecule has 0 radical (unpaired) electrons. The van der Waals surface area contributed by atoms with E-state index in [0.29, 0.717) is 0 Å². The molecule has 0 fully saturated rings. The van der Waals surface area contributed by atoms with Crippen LogP contribution in [-0.2, 0) is 0 Å². The Balaban J connectivity index is 2.93. The zero-order chi connectivity index (χ0) is 8.27. The smallest absolute Gasteiger partial charge is 0.0545 e. The minimum atomic E-state index is 1.22. The number of hydrogen-bond donors (Lipinski definition) is 1. The Morgan fingerprint density at radius 3 is 2.45 bits per heavy atom. The molecule has 0 aliphatic rings. The highest BCUT2D eigenvalue weighted by molar-refractivity contribution is 5.51. The highest BCUT2D eigenvalue weighted by atomic mass is 15.5.